The number of anilines is 1. The third-order valence-electron chi connectivity index (χ3n) is 4.49. The average molecular weight is 343 g/mol. The monoisotopic (exact) mass is 343 g/mol. The van der Waals surface area contributed by atoms with E-state index in [1.54, 1.807) is 24.3 Å². The van der Waals surface area contributed by atoms with Crippen LogP contribution in [0, 0.1) is 32.1 Å². The number of ketones is 1. The molecule has 0 saturated carbocycles. The van der Waals surface area contributed by atoms with Gasteiger partial charge in [-0.25, -0.2) is 0 Å². The third-order valence-corrected chi connectivity index (χ3v) is 4.49. The van der Waals surface area contributed by atoms with Crippen LogP contribution in [0.2, 0.25) is 0 Å². The van der Waals surface area contributed by atoms with E-state index in [0.29, 0.717) is 5.56 Å². The summed E-state index contributed by atoms with van der Waals surface area (Å²) in [6.07, 6.45) is 0. The molecule has 0 amide bonds. The number of aryl methyl sites for hydroxylation is 2. The maximum absolute atomic E-state index is 12.7. The minimum absolute atomic E-state index is 0.0424. The highest BCUT2D eigenvalue weighted by molar-refractivity contribution is 6.00. The highest BCUT2D eigenvalue weighted by Gasteiger charge is 2.16. The van der Waals surface area contributed by atoms with Crippen LogP contribution in [0.1, 0.15) is 32.9 Å². The lowest BCUT2D eigenvalue weighted by atomic mass is 10.1. The van der Waals surface area contributed by atoms with Crippen LogP contribution in [-0.4, -0.2) is 16.9 Å². The Bertz CT molecular complexity index is 974. The van der Waals surface area contributed by atoms with E-state index in [-0.39, 0.29) is 12.3 Å². The van der Waals surface area contributed by atoms with Gasteiger partial charge >= 0.3 is 0 Å². The van der Waals surface area contributed by atoms with E-state index in [1.165, 1.54) is 5.56 Å². The zero-order valence-corrected chi connectivity index (χ0v) is 15.2. The van der Waals surface area contributed by atoms with Crippen molar-refractivity contribution in [3.8, 4) is 11.8 Å². The van der Waals surface area contributed by atoms with E-state index in [9.17, 15) is 4.79 Å². The van der Waals surface area contributed by atoms with Crippen molar-refractivity contribution in [1.29, 1.82) is 5.26 Å². The molecular weight excluding hydrogens is 322 g/mol. The number of nitrogens with one attached hydrogen (secondary N) is 1. The number of rotatable bonds is 5. The summed E-state index contributed by atoms with van der Waals surface area (Å²) in [5.41, 5.74) is 6.40. The van der Waals surface area contributed by atoms with Crippen LogP contribution in [0.5, 0.6) is 0 Å². The van der Waals surface area contributed by atoms with Crippen LogP contribution in [0.4, 0.5) is 5.69 Å². The molecule has 1 heterocycles. The van der Waals surface area contributed by atoms with Gasteiger partial charge in [0, 0.05) is 28.3 Å². The molecule has 1 aromatic heterocycles. The number of aromatic nitrogens is 1. The maximum atomic E-state index is 12.7. The number of nitriles is 1. The summed E-state index contributed by atoms with van der Waals surface area (Å²) in [5.74, 6) is 0.0424. The number of hydrogen-bond acceptors (Lipinski definition) is 3. The van der Waals surface area contributed by atoms with E-state index in [0.717, 1.165) is 28.3 Å². The van der Waals surface area contributed by atoms with Gasteiger partial charge in [-0.15, -0.1) is 0 Å². The lowest BCUT2D eigenvalue weighted by molar-refractivity contribution is 0.101. The smallest absolute Gasteiger partial charge is 0.183 e. The molecule has 130 valence electrons. The summed E-state index contributed by atoms with van der Waals surface area (Å²) in [5, 5.41) is 12.0. The van der Waals surface area contributed by atoms with E-state index in [1.807, 2.05) is 19.9 Å². The van der Waals surface area contributed by atoms with E-state index in [4.69, 9.17) is 5.26 Å². The number of carbonyl (C=O) groups is 1. The molecule has 0 radical (unpaired) electrons. The second-order valence-electron chi connectivity index (χ2n) is 6.42. The fourth-order valence-corrected chi connectivity index (χ4v) is 3.08. The van der Waals surface area contributed by atoms with Gasteiger partial charge in [0.2, 0.25) is 0 Å². The second kappa shape index (κ2) is 7.28. The van der Waals surface area contributed by atoms with Crippen molar-refractivity contribution < 1.29 is 4.79 Å². The largest absolute Gasteiger partial charge is 0.378 e. The minimum atomic E-state index is 0.0424. The van der Waals surface area contributed by atoms with E-state index < -0.39 is 0 Å². The summed E-state index contributed by atoms with van der Waals surface area (Å²) >= 11 is 0. The van der Waals surface area contributed by atoms with Gasteiger partial charge in [0.05, 0.1) is 18.2 Å². The molecule has 0 unspecified atom stereocenters. The molecule has 2 aromatic carbocycles. The molecule has 3 rings (SSSR count). The van der Waals surface area contributed by atoms with Crippen molar-refractivity contribution in [2.24, 2.45) is 0 Å². The van der Waals surface area contributed by atoms with Gasteiger partial charge in [-0.3, -0.25) is 4.79 Å². The van der Waals surface area contributed by atoms with Crippen molar-refractivity contribution in [3.05, 3.63) is 82.7 Å². The number of hydrogen-bond donors (Lipinski definition) is 1. The summed E-state index contributed by atoms with van der Waals surface area (Å²) < 4.78 is 2.11. The zero-order valence-electron chi connectivity index (χ0n) is 15.2. The number of carbonyl (C=O) groups excluding carboxylic acids is 1. The molecule has 0 aliphatic carbocycles. The highest BCUT2D eigenvalue weighted by atomic mass is 16.1. The van der Waals surface area contributed by atoms with Gasteiger partial charge < -0.3 is 9.88 Å². The lowest BCUT2D eigenvalue weighted by Gasteiger charge is -2.10. The van der Waals surface area contributed by atoms with Crippen LogP contribution >= 0.6 is 0 Å². The minimum Gasteiger partial charge on any atom is -0.378 e. The predicted octanol–water partition coefficient (Wildman–Crippen LogP) is 4.57. The van der Waals surface area contributed by atoms with Crippen molar-refractivity contribution in [2.45, 2.75) is 20.8 Å². The normalized spacial score (nSPS) is 10.4. The van der Waals surface area contributed by atoms with Gasteiger partial charge in [-0.05, 0) is 63.2 Å². The molecule has 1 N–H and O–H groups in total. The Morgan fingerprint density at radius 1 is 1.04 bits per heavy atom. The molecule has 0 atom stereocenters. The van der Waals surface area contributed by atoms with Gasteiger partial charge in [0.15, 0.2) is 5.78 Å². The maximum Gasteiger partial charge on any atom is 0.183 e. The first-order valence-corrected chi connectivity index (χ1v) is 8.53. The molecule has 4 nitrogen and oxygen atoms in total. The summed E-state index contributed by atoms with van der Waals surface area (Å²) in [4.78, 5) is 12.7. The van der Waals surface area contributed by atoms with Crippen LogP contribution in [0.25, 0.3) is 5.69 Å². The summed E-state index contributed by atoms with van der Waals surface area (Å²) in [6, 6.07) is 19.4. The lowest BCUT2D eigenvalue weighted by Crippen LogP contribution is -2.14. The van der Waals surface area contributed by atoms with E-state index in [2.05, 4.69) is 47.1 Å². The van der Waals surface area contributed by atoms with Gasteiger partial charge in [-0.2, -0.15) is 5.26 Å². The Morgan fingerprint density at radius 2 is 1.69 bits per heavy atom. The molecule has 0 aliphatic rings. The van der Waals surface area contributed by atoms with Crippen LogP contribution in [-0.2, 0) is 0 Å². The Morgan fingerprint density at radius 3 is 2.31 bits per heavy atom. The Balaban J connectivity index is 1.78. The van der Waals surface area contributed by atoms with Crippen molar-refractivity contribution in [3.63, 3.8) is 0 Å². The highest BCUT2D eigenvalue weighted by Crippen LogP contribution is 2.22. The first kappa shape index (κ1) is 17.5. The van der Waals surface area contributed by atoms with Crippen LogP contribution in [0.15, 0.2) is 54.6 Å². The van der Waals surface area contributed by atoms with Gasteiger partial charge in [0.1, 0.15) is 0 Å². The molecule has 0 fully saturated rings. The summed E-state index contributed by atoms with van der Waals surface area (Å²) in [7, 11) is 0. The molecular formula is C22H21N3O. The first-order valence-electron chi connectivity index (χ1n) is 8.53. The first-order chi connectivity index (χ1) is 12.5. The van der Waals surface area contributed by atoms with Crippen molar-refractivity contribution in [2.75, 3.05) is 11.9 Å². The average Bonchev–Trinajstić information content (AvgIpc) is 2.95. The third kappa shape index (κ3) is 3.52. The fraction of sp³-hybridized carbons (Fsp3) is 0.182. The Hall–Kier alpha value is -3.32. The quantitative estimate of drug-likeness (QED) is 0.690. The van der Waals surface area contributed by atoms with Crippen molar-refractivity contribution >= 4 is 11.5 Å². The standard InChI is InChI=1S/C22H21N3O/c1-15-4-10-20(11-5-15)25-16(2)12-21(17(25)3)22(26)14-24-19-8-6-18(13-23)7-9-19/h4-12,24H,14H2,1-3H3. The molecule has 0 aliphatic heterocycles. The number of Topliss-reactive ketones (excluding diaryl/α,β-unsaturated/α-hetero) is 1. The van der Waals surface area contributed by atoms with Crippen LogP contribution in [0.3, 0.4) is 0 Å². The van der Waals surface area contributed by atoms with Crippen molar-refractivity contribution in [1.82, 2.24) is 4.57 Å². The molecule has 26 heavy (non-hydrogen) atoms. The van der Waals surface area contributed by atoms with Gasteiger partial charge in [-0.1, -0.05) is 17.7 Å². The fourth-order valence-electron chi connectivity index (χ4n) is 3.08. The molecule has 3 aromatic rings. The predicted molar refractivity (Wildman–Crippen MR) is 104 cm³/mol. The Labute approximate surface area is 153 Å². The Kier molecular flexibility index (Phi) is 4.90. The van der Waals surface area contributed by atoms with Gasteiger partial charge in [0.25, 0.3) is 0 Å². The zero-order chi connectivity index (χ0) is 18.7. The van der Waals surface area contributed by atoms with E-state index >= 15 is 0 Å². The summed E-state index contributed by atoms with van der Waals surface area (Å²) in [6.45, 7) is 6.26. The number of nitrogens with zero attached hydrogens (tertiary/aromatic N) is 2. The van der Waals surface area contributed by atoms with Crippen LogP contribution < -0.4 is 5.32 Å². The topological polar surface area (TPSA) is 57.8 Å². The number of benzene rings is 2. The second-order valence-corrected chi connectivity index (χ2v) is 6.42. The molecule has 0 bridgehead atoms. The SMILES string of the molecule is Cc1ccc(-n2c(C)cc(C(=O)CNc3ccc(C#N)cc3)c2C)cc1. The molecule has 4 heteroatoms. The molecule has 0 spiro atoms. The molecule has 0 saturated heterocycles.